The first-order valence-electron chi connectivity index (χ1n) is 5.67. The molecule has 0 radical (unpaired) electrons. The molecular formula is C13H14BrN3O2. The minimum atomic E-state index is -0.198. The number of aromatic nitrogens is 2. The minimum absolute atomic E-state index is 0.198. The predicted molar refractivity (Wildman–Crippen MR) is 76.6 cm³/mol. The van der Waals surface area contributed by atoms with E-state index in [4.69, 9.17) is 4.74 Å². The maximum absolute atomic E-state index is 12.1. The van der Waals surface area contributed by atoms with Crippen molar-refractivity contribution in [2.24, 2.45) is 7.05 Å². The number of aryl methyl sites for hydroxylation is 2. The van der Waals surface area contributed by atoms with Crippen LogP contribution in [0.4, 0.5) is 5.82 Å². The Balaban J connectivity index is 2.18. The molecule has 0 aliphatic carbocycles. The van der Waals surface area contributed by atoms with Crippen LogP contribution in [0.3, 0.4) is 0 Å². The number of benzene rings is 1. The lowest BCUT2D eigenvalue weighted by Gasteiger charge is -2.04. The normalized spacial score (nSPS) is 10.3. The van der Waals surface area contributed by atoms with Gasteiger partial charge in [-0.25, -0.2) is 4.68 Å². The number of carbonyl (C=O) groups is 1. The van der Waals surface area contributed by atoms with E-state index in [-0.39, 0.29) is 5.91 Å². The molecule has 0 aliphatic rings. The van der Waals surface area contributed by atoms with E-state index in [2.05, 4.69) is 26.3 Å². The molecule has 2 aromatic rings. The molecule has 6 heteroatoms. The number of halogens is 1. The quantitative estimate of drug-likeness (QED) is 0.944. The van der Waals surface area contributed by atoms with Gasteiger partial charge in [0.1, 0.15) is 0 Å². The molecule has 1 amide bonds. The fourth-order valence-corrected chi connectivity index (χ4v) is 1.92. The number of rotatable bonds is 3. The summed E-state index contributed by atoms with van der Waals surface area (Å²) in [7, 11) is 3.30. The Morgan fingerprint density at radius 2 is 2.16 bits per heavy atom. The van der Waals surface area contributed by atoms with E-state index in [1.807, 2.05) is 19.1 Å². The molecule has 19 heavy (non-hydrogen) atoms. The van der Waals surface area contributed by atoms with Crippen LogP contribution >= 0.6 is 15.9 Å². The Morgan fingerprint density at radius 3 is 2.74 bits per heavy atom. The van der Waals surface area contributed by atoms with Crippen molar-refractivity contribution < 1.29 is 9.53 Å². The van der Waals surface area contributed by atoms with Gasteiger partial charge in [-0.05, 0) is 30.7 Å². The van der Waals surface area contributed by atoms with E-state index >= 15 is 0 Å². The summed E-state index contributed by atoms with van der Waals surface area (Å²) < 4.78 is 7.62. The van der Waals surface area contributed by atoms with E-state index in [0.29, 0.717) is 17.3 Å². The molecule has 0 saturated carbocycles. The van der Waals surface area contributed by atoms with Gasteiger partial charge in [-0.1, -0.05) is 15.9 Å². The van der Waals surface area contributed by atoms with Crippen LogP contribution in [0.2, 0.25) is 0 Å². The second-order valence-corrected chi connectivity index (χ2v) is 4.97. The number of nitrogens with one attached hydrogen (secondary N) is 1. The number of carbonyl (C=O) groups excluding carboxylic acids is 1. The van der Waals surface area contributed by atoms with Gasteiger partial charge < -0.3 is 10.1 Å². The maximum atomic E-state index is 12.1. The van der Waals surface area contributed by atoms with E-state index in [1.165, 1.54) is 0 Å². The molecule has 1 heterocycles. The van der Waals surface area contributed by atoms with Crippen LogP contribution in [0.5, 0.6) is 5.88 Å². The van der Waals surface area contributed by atoms with Crippen LogP contribution in [0.1, 0.15) is 15.9 Å². The zero-order chi connectivity index (χ0) is 14.0. The number of hydrogen-bond acceptors (Lipinski definition) is 3. The first kappa shape index (κ1) is 13.6. The fraction of sp³-hybridized carbons (Fsp3) is 0.231. The maximum Gasteiger partial charge on any atom is 0.256 e. The molecule has 0 unspecified atom stereocenters. The molecule has 1 N–H and O–H groups in total. The van der Waals surface area contributed by atoms with Gasteiger partial charge in [-0.2, -0.15) is 5.10 Å². The summed E-state index contributed by atoms with van der Waals surface area (Å²) in [5, 5.41) is 6.87. The van der Waals surface area contributed by atoms with Crippen molar-refractivity contribution in [1.82, 2.24) is 9.78 Å². The molecule has 0 atom stereocenters. The summed E-state index contributed by atoms with van der Waals surface area (Å²) in [6, 6.07) is 7.10. The Bertz CT molecular complexity index is 622. The monoisotopic (exact) mass is 323 g/mol. The Hall–Kier alpha value is -1.82. The Labute approximate surface area is 119 Å². The Kier molecular flexibility index (Phi) is 3.90. The molecule has 0 aliphatic heterocycles. The van der Waals surface area contributed by atoms with Crippen molar-refractivity contribution in [2.75, 3.05) is 12.4 Å². The topological polar surface area (TPSA) is 56.1 Å². The summed E-state index contributed by atoms with van der Waals surface area (Å²) in [6.07, 6.45) is 0. The van der Waals surface area contributed by atoms with Crippen LogP contribution in [-0.2, 0) is 7.05 Å². The molecule has 0 fully saturated rings. The van der Waals surface area contributed by atoms with Crippen LogP contribution in [-0.4, -0.2) is 22.8 Å². The summed E-state index contributed by atoms with van der Waals surface area (Å²) in [5.41, 5.74) is 1.59. The van der Waals surface area contributed by atoms with Gasteiger partial charge in [0.25, 0.3) is 5.91 Å². The molecule has 0 saturated heterocycles. The highest BCUT2D eigenvalue weighted by molar-refractivity contribution is 9.10. The van der Waals surface area contributed by atoms with Crippen molar-refractivity contribution in [2.45, 2.75) is 6.92 Å². The molecule has 1 aromatic carbocycles. The molecule has 100 valence electrons. The van der Waals surface area contributed by atoms with Crippen molar-refractivity contribution >= 4 is 27.7 Å². The second kappa shape index (κ2) is 5.44. The zero-order valence-electron chi connectivity index (χ0n) is 10.9. The number of anilines is 1. The van der Waals surface area contributed by atoms with E-state index in [1.54, 1.807) is 31.0 Å². The van der Waals surface area contributed by atoms with Gasteiger partial charge in [-0.15, -0.1) is 0 Å². The largest absolute Gasteiger partial charge is 0.481 e. The molecule has 0 bridgehead atoms. The third-order valence-electron chi connectivity index (χ3n) is 2.71. The van der Waals surface area contributed by atoms with E-state index in [0.717, 1.165) is 10.0 Å². The van der Waals surface area contributed by atoms with Gasteiger partial charge in [0.05, 0.1) is 7.11 Å². The lowest BCUT2D eigenvalue weighted by molar-refractivity contribution is 0.102. The average molecular weight is 324 g/mol. The first-order valence-corrected chi connectivity index (χ1v) is 6.46. The number of ether oxygens (including phenoxy) is 1. The fourth-order valence-electron chi connectivity index (χ4n) is 1.68. The van der Waals surface area contributed by atoms with Crippen molar-refractivity contribution in [3.63, 3.8) is 0 Å². The van der Waals surface area contributed by atoms with Crippen LogP contribution in [0, 0.1) is 6.92 Å². The van der Waals surface area contributed by atoms with Crippen LogP contribution < -0.4 is 10.1 Å². The summed E-state index contributed by atoms with van der Waals surface area (Å²) >= 11 is 3.40. The average Bonchev–Trinajstić information content (AvgIpc) is 2.72. The first-order chi connectivity index (χ1) is 9.01. The highest BCUT2D eigenvalue weighted by Gasteiger charge is 2.11. The van der Waals surface area contributed by atoms with Crippen molar-refractivity contribution in [1.29, 1.82) is 0 Å². The third kappa shape index (κ3) is 2.96. The number of amides is 1. The van der Waals surface area contributed by atoms with Gasteiger partial charge in [-0.3, -0.25) is 4.79 Å². The van der Waals surface area contributed by atoms with E-state index in [9.17, 15) is 4.79 Å². The third-order valence-corrected chi connectivity index (χ3v) is 3.60. The highest BCUT2D eigenvalue weighted by Crippen LogP contribution is 2.19. The van der Waals surface area contributed by atoms with Gasteiger partial charge in [0.2, 0.25) is 5.88 Å². The summed E-state index contributed by atoms with van der Waals surface area (Å²) in [4.78, 5) is 12.1. The summed E-state index contributed by atoms with van der Waals surface area (Å²) in [5.74, 6) is 0.851. The summed E-state index contributed by atoms with van der Waals surface area (Å²) in [6.45, 7) is 1.94. The lowest BCUT2D eigenvalue weighted by Crippen LogP contribution is -2.12. The van der Waals surface area contributed by atoms with E-state index < -0.39 is 0 Å². The molecular weight excluding hydrogens is 310 g/mol. The van der Waals surface area contributed by atoms with Crippen molar-refractivity contribution in [3.8, 4) is 5.88 Å². The molecule has 2 rings (SSSR count). The van der Waals surface area contributed by atoms with Crippen molar-refractivity contribution in [3.05, 3.63) is 39.9 Å². The standard InChI is InChI=1S/C13H14BrN3O2/c1-8-6-9(4-5-10(8)14)13(18)15-11-7-12(19-3)17(2)16-11/h4-7H,1-3H3,(H,15,16,18). The lowest BCUT2D eigenvalue weighted by atomic mass is 10.1. The number of methoxy groups -OCH3 is 1. The van der Waals surface area contributed by atoms with Gasteiger partial charge in [0.15, 0.2) is 5.82 Å². The van der Waals surface area contributed by atoms with Crippen LogP contribution in [0.25, 0.3) is 0 Å². The molecule has 5 nitrogen and oxygen atoms in total. The Morgan fingerprint density at radius 1 is 1.42 bits per heavy atom. The molecule has 1 aromatic heterocycles. The molecule has 0 spiro atoms. The SMILES string of the molecule is COc1cc(NC(=O)c2ccc(Br)c(C)c2)nn1C. The van der Waals surface area contributed by atoms with Crippen LogP contribution in [0.15, 0.2) is 28.7 Å². The smallest absolute Gasteiger partial charge is 0.256 e. The minimum Gasteiger partial charge on any atom is -0.481 e. The van der Waals surface area contributed by atoms with Gasteiger partial charge >= 0.3 is 0 Å². The number of nitrogens with zero attached hydrogens (tertiary/aromatic N) is 2. The van der Waals surface area contributed by atoms with Gasteiger partial charge in [0, 0.05) is 23.2 Å². The number of hydrogen-bond donors (Lipinski definition) is 1. The highest BCUT2D eigenvalue weighted by atomic mass is 79.9. The predicted octanol–water partition coefficient (Wildman–Crippen LogP) is 2.75. The zero-order valence-corrected chi connectivity index (χ0v) is 12.5. The second-order valence-electron chi connectivity index (χ2n) is 4.11.